The second-order valence-corrected chi connectivity index (χ2v) is 2.30. The molecule has 16 nitrogen and oxygen atoms in total. The third kappa shape index (κ3) is 72.7. The van der Waals surface area contributed by atoms with E-state index >= 15 is 0 Å². The zero-order valence-electron chi connectivity index (χ0n) is 14.7. The number of aliphatic carboxylic acids is 8. The molecule has 0 saturated heterocycles. The molecule has 0 rings (SSSR count). The van der Waals surface area contributed by atoms with Crippen molar-refractivity contribution in [1.82, 2.24) is 0 Å². The number of carbonyl (C=O) groups is 8. The maximum atomic E-state index is 8.93. The van der Waals surface area contributed by atoms with E-state index in [-0.39, 0.29) is 187 Å². The van der Waals surface area contributed by atoms with Crippen LogP contribution in [-0.2, 0) is 38.4 Å². The molecule has 0 aliphatic rings. The summed E-state index contributed by atoms with van der Waals surface area (Å²) in [4.78, 5) is 71.4. The molecular weight excluding hydrogens is 519 g/mol. The summed E-state index contributed by atoms with van der Waals surface area (Å²) in [6.45, 7) is 0. The van der Waals surface area contributed by atoms with E-state index in [0.29, 0.717) is 0 Å². The zero-order valence-corrected chi connectivity index (χ0v) is 25.9. The van der Waals surface area contributed by atoms with Gasteiger partial charge in [-0.1, -0.05) is 0 Å². The Morgan fingerprint density at radius 1 is 0.310 bits per heavy atom. The van der Waals surface area contributed by atoms with Gasteiger partial charge < -0.3 is 79.2 Å². The molecule has 136 valence electrons. The van der Waals surface area contributed by atoms with Crippen LogP contribution in [0, 0.1) is 0 Å². The van der Waals surface area contributed by atoms with E-state index in [9.17, 15) is 0 Å². The number of hydrogen-bond donors (Lipinski definition) is 0. The minimum Gasteiger partial charge on any atom is -0.543 e. The zero-order chi connectivity index (χ0) is 20.6. The quantitative estimate of drug-likeness (QED) is 0.212. The first-order chi connectivity index (χ1) is 10.6. The van der Waals surface area contributed by atoms with Crippen molar-refractivity contribution < 1.29 is 182 Å². The molecule has 0 amide bonds. The summed E-state index contributed by atoms with van der Waals surface area (Å²) in [6.07, 6.45) is 0. The van der Waals surface area contributed by atoms with Crippen LogP contribution in [0.4, 0.5) is 0 Å². The van der Waals surface area contributed by atoms with Crippen LogP contribution in [0.25, 0.3) is 0 Å². The Morgan fingerprint density at radius 2 is 0.345 bits per heavy atom. The van der Waals surface area contributed by atoms with Gasteiger partial charge in [-0.3, -0.25) is 0 Å². The summed E-state index contributed by atoms with van der Waals surface area (Å²) in [5, 5.41) is 71.4. The first kappa shape index (κ1) is 57.6. The van der Waals surface area contributed by atoms with Crippen LogP contribution in [0.5, 0.6) is 0 Å². The van der Waals surface area contributed by atoms with Crippen LogP contribution >= 0.6 is 0 Å². The average molecular weight is 519 g/mol. The minimum atomic E-state index is -2.19. The van der Waals surface area contributed by atoms with Crippen molar-refractivity contribution >= 4 is 132 Å². The Balaban J connectivity index is -0.0000000248. The van der Waals surface area contributed by atoms with E-state index in [1.54, 1.807) is 0 Å². The van der Waals surface area contributed by atoms with Gasteiger partial charge in [0, 0.05) is 0 Å². The number of rotatable bonds is 0. The fourth-order valence-corrected chi connectivity index (χ4v) is 0. The molecule has 0 N–H and O–H groups in total. The summed E-state index contributed by atoms with van der Waals surface area (Å²) in [5.41, 5.74) is 0. The Labute approximate surface area is 306 Å². The topological polar surface area (TPSA) is 321 Å². The molecular formula is C8CaK2Mg2O16. The van der Waals surface area contributed by atoms with Gasteiger partial charge in [0.2, 0.25) is 0 Å². The van der Waals surface area contributed by atoms with E-state index < -0.39 is 47.8 Å². The van der Waals surface area contributed by atoms with Gasteiger partial charge in [-0.05, 0) is 0 Å². The van der Waals surface area contributed by atoms with Crippen molar-refractivity contribution in [2.75, 3.05) is 0 Å². The van der Waals surface area contributed by atoms with Gasteiger partial charge in [0.25, 0.3) is 0 Å². The van der Waals surface area contributed by atoms with Crippen molar-refractivity contribution in [2.24, 2.45) is 0 Å². The molecule has 0 unspecified atom stereocenters. The fourth-order valence-electron chi connectivity index (χ4n) is 0. The van der Waals surface area contributed by atoms with Crippen LogP contribution in [0.1, 0.15) is 0 Å². The average Bonchev–Trinajstić information content (AvgIpc) is 2.40. The molecule has 0 atom stereocenters. The fraction of sp³-hybridized carbons (Fsp3) is 0. The molecule has 0 aromatic rings. The van der Waals surface area contributed by atoms with Crippen molar-refractivity contribution in [1.29, 1.82) is 0 Å². The third-order valence-corrected chi connectivity index (χ3v) is 0.667. The van der Waals surface area contributed by atoms with Gasteiger partial charge in [-0.2, -0.15) is 0 Å². The first-order valence-electron chi connectivity index (χ1n) is 4.27. The van der Waals surface area contributed by atoms with Crippen LogP contribution < -0.4 is 144 Å². The molecule has 0 fully saturated rings. The monoisotopic (exact) mass is 518 g/mol. The number of carboxylic acid groups (broad SMARTS) is 8. The van der Waals surface area contributed by atoms with E-state index in [1.165, 1.54) is 0 Å². The smallest absolute Gasteiger partial charge is 0.543 e. The second kappa shape index (κ2) is 37.2. The van der Waals surface area contributed by atoms with Crippen molar-refractivity contribution in [3.63, 3.8) is 0 Å². The maximum absolute atomic E-state index is 8.93. The van der Waals surface area contributed by atoms with Crippen molar-refractivity contribution in [3.8, 4) is 0 Å². The Morgan fingerprint density at radius 3 is 0.345 bits per heavy atom. The number of carbonyl (C=O) groups excluding carboxylic acids is 8. The normalized spacial score (nSPS) is 6.07. The molecule has 0 bridgehead atoms. The summed E-state index contributed by atoms with van der Waals surface area (Å²) in [7, 11) is 0. The molecule has 0 aromatic carbocycles. The predicted molar refractivity (Wildman–Crippen MR) is 57.3 cm³/mol. The molecule has 0 spiro atoms. The molecule has 0 radical (unpaired) electrons. The van der Waals surface area contributed by atoms with Gasteiger partial charge in [-0.15, -0.1) is 0 Å². The molecule has 0 heterocycles. The largest absolute Gasteiger partial charge is 2.00 e. The maximum Gasteiger partial charge on any atom is 2.00 e. The first-order valence-corrected chi connectivity index (χ1v) is 4.27. The molecule has 0 aliphatic carbocycles. The third-order valence-electron chi connectivity index (χ3n) is 0.667. The summed E-state index contributed by atoms with van der Waals surface area (Å²) < 4.78 is 0. The molecule has 0 saturated carbocycles. The summed E-state index contributed by atoms with van der Waals surface area (Å²) >= 11 is 0. The molecule has 21 heteroatoms. The van der Waals surface area contributed by atoms with E-state index in [1.807, 2.05) is 0 Å². The van der Waals surface area contributed by atoms with Crippen molar-refractivity contribution in [3.05, 3.63) is 0 Å². The summed E-state index contributed by atoms with van der Waals surface area (Å²) in [6, 6.07) is 0. The van der Waals surface area contributed by atoms with Crippen LogP contribution in [-0.4, -0.2) is 132 Å². The SMILES string of the molecule is O=C([O-])C(=O)[O-].O=C([O-])C(=O)[O-].O=C([O-])C(=O)[O-].O=C([O-])C(=O)[O-].[Ca+2].[K+].[K+].[Mg+2].[Mg+2]. The van der Waals surface area contributed by atoms with Gasteiger partial charge in [0.1, 0.15) is 0 Å². The van der Waals surface area contributed by atoms with Crippen LogP contribution in [0.3, 0.4) is 0 Å². The Kier molecular flexibility index (Phi) is 73.8. The summed E-state index contributed by atoms with van der Waals surface area (Å²) in [5.74, 6) is -17.5. The van der Waals surface area contributed by atoms with E-state index in [4.69, 9.17) is 79.2 Å². The minimum absolute atomic E-state index is 0. The van der Waals surface area contributed by atoms with Gasteiger partial charge in [0.05, 0.1) is 47.8 Å². The Hall–Kier alpha value is 1.82. The molecule has 0 aliphatic heterocycles. The van der Waals surface area contributed by atoms with E-state index in [2.05, 4.69) is 0 Å². The molecule has 29 heavy (non-hydrogen) atoms. The molecule has 0 aromatic heterocycles. The number of carboxylic acids is 8. The van der Waals surface area contributed by atoms with Crippen LogP contribution in [0.2, 0.25) is 0 Å². The van der Waals surface area contributed by atoms with Crippen molar-refractivity contribution in [2.45, 2.75) is 0 Å². The van der Waals surface area contributed by atoms with Gasteiger partial charge in [0.15, 0.2) is 0 Å². The van der Waals surface area contributed by atoms with E-state index in [0.717, 1.165) is 0 Å². The van der Waals surface area contributed by atoms with Crippen LogP contribution in [0.15, 0.2) is 0 Å². The second-order valence-electron chi connectivity index (χ2n) is 2.30. The number of hydrogen-bond acceptors (Lipinski definition) is 16. The van der Waals surface area contributed by atoms with Gasteiger partial charge >= 0.3 is 187 Å². The standard InChI is InChI=1S/4C2H2O4.Ca.2K.2Mg/c4*3-1(4)2(5)6;;;;;/h4*(H,3,4)(H,5,6);;;;;/q;;;;+2;2*+1;2*+2/p-8. The van der Waals surface area contributed by atoms with Gasteiger partial charge in [-0.25, -0.2) is 0 Å². The Bertz CT molecular complexity index is 409. The predicted octanol–water partition coefficient (Wildman–Crippen LogP) is -21.2.